The van der Waals surface area contributed by atoms with E-state index in [9.17, 15) is 26.3 Å². The number of rotatable bonds is 9. The SMILES string of the molecule is CC(C)C/C=C/CCCC(C)(C)C/C=C\C(N)(C(F)(F)F)C(F)(F)F. The van der Waals surface area contributed by atoms with Gasteiger partial charge < -0.3 is 5.73 Å². The molecule has 0 saturated carbocycles. The number of nitrogens with two attached hydrogens (primary N) is 1. The molecule has 0 unspecified atom stereocenters. The molecule has 0 aliphatic heterocycles. The van der Waals surface area contributed by atoms with Crippen LogP contribution in [0.3, 0.4) is 0 Å². The van der Waals surface area contributed by atoms with Crippen LogP contribution in [0.5, 0.6) is 0 Å². The molecular weight excluding hydrogens is 344 g/mol. The average molecular weight is 373 g/mol. The molecule has 0 aromatic heterocycles. The van der Waals surface area contributed by atoms with Crippen LogP contribution in [0.1, 0.15) is 59.8 Å². The summed E-state index contributed by atoms with van der Waals surface area (Å²) in [5.41, 5.74) is -0.0973. The lowest BCUT2D eigenvalue weighted by Gasteiger charge is -2.31. The Morgan fingerprint density at radius 1 is 0.880 bits per heavy atom. The largest absolute Gasteiger partial charge is 0.418 e. The van der Waals surface area contributed by atoms with Crippen LogP contribution in [0.25, 0.3) is 0 Å². The Bertz CT molecular complexity index is 429. The van der Waals surface area contributed by atoms with Crippen molar-refractivity contribution >= 4 is 0 Å². The topological polar surface area (TPSA) is 26.0 Å². The molecule has 25 heavy (non-hydrogen) atoms. The molecule has 0 aliphatic carbocycles. The van der Waals surface area contributed by atoms with E-state index in [4.69, 9.17) is 0 Å². The Morgan fingerprint density at radius 3 is 1.84 bits per heavy atom. The van der Waals surface area contributed by atoms with E-state index < -0.39 is 23.3 Å². The number of hydrogen-bond acceptors (Lipinski definition) is 1. The minimum atomic E-state index is -5.59. The lowest BCUT2D eigenvalue weighted by Crippen LogP contribution is -2.62. The van der Waals surface area contributed by atoms with Gasteiger partial charge in [0.05, 0.1) is 0 Å². The number of alkyl halides is 6. The van der Waals surface area contributed by atoms with Crippen LogP contribution in [0.2, 0.25) is 0 Å². The number of unbranched alkanes of at least 4 members (excludes halogenated alkanes) is 1. The Morgan fingerprint density at radius 2 is 1.40 bits per heavy atom. The van der Waals surface area contributed by atoms with Crippen LogP contribution in [-0.4, -0.2) is 17.9 Å². The second-order valence-electron chi connectivity index (χ2n) is 7.63. The molecule has 0 heterocycles. The van der Waals surface area contributed by atoms with Crippen molar-refractivity contribution in [3.8, 4) is 0 Å². The first-order chi connectivity index (χ1) is 11.1. The summed E-state index contributed by atoms with van der Waals surface area (Å²) in [5.74, 6) is 0.580. The molecule has 7 heteroatoms. The van der Waals surface area contributed by atoms with Crippen molar-refractivity contribution in [3.63, 3.8) is 0 Å². The normalized spacial score (nSPS) is 15.0. The molecule has 0 atom stereocenters. The fourth-order valence-corrected chi connectivity index (χ4v) is 2.20. The van der Waals surface area contributed by atoms with Crippen molar-refractivity contribution < 1.29 is 26.3 Å². The lowest BCUT2D eigenvalue weighted by atomic mass is 9.83. The smallest absolute Gasteiger partial charge is 0.307 e. The van der Waals surface area contributed by atoms with Gasteiger partial charge in [0, 0.05) is 0 Å². The molecular formula is C18H29F6N. The average Bonchev–Trinajstić information content (AvgIpc) is 2.39. The zero-order valence-electron chi connectivity index (χ0n) is 15.3. The highest BCUT2D eigenvalue weighted by Crippen LogP contribution is 2.42. The first-order valence-electron chi connectivity index (χ1n) is 8.37. The molecule has 0 rings (SSSR count). The molecule has 0 amide bonds. The third-order valence-corrected chi connectivity index (χ3v) is 3.99. The van der Waals surface area contributed by atoms with Crippen molar-refractivity contribution in [3.05, 3.63) is 24.3 Å². The molecule has 0 saturated heterocycles. The summed E-state index contributed by atoms with van der Waals surface area (Å²) in [6.07, 6.45) is -2.66. The van der Waals surface area contributed by atoms with Gasteiger partial charge in [-0.25, -0.2) is 0 Å². The van der Waals surface area contributed by atoms with Crippen molar-refractivity contribution in [2.45, 2.75) is 77.7 Å². The van der Waals surface area contributed by atoms with Crippen molar-refractivity contribution in [1.29, 1.82) is 0 Å². The van der Waals surface area contributed by atoms with Gasteiger partial charge in [-0.2, -0.15) is 26.3 Å². The standard InChI is InChI=1S/C18H29F6N/c1-14(2)10-7-5-6-8-11-15(3,4)12-9-13-16(25,17(19,20)21)18(22,23)24/h5,7,9,13-14H,6,8,10-12,25H2,1-4H3/b7-5+,13-9-. The summed E-state index contributed by atoms with van der Waals surface area (Å²) < 4.78 is 76.2. The first-order valence-corrected chi connectivity index (χ1v) is 8.37. The molecule has 0 spiro atoms. The maximum absolute atomic E-state index is 12.7. The Balaban J connectivity index is 4.65. The highest BCUT2D eigenvalue weighted by Gasteiger charge is 2.67. The number of halogens is 6. The minimum absolute atomic E-state index is 0.0390. The fraction of sp³-hybridized carbons (Fsp3) is 0.778. The number of allylic oxidation sites excluding steroid dienone is 3. The van der Waals surface area contributed by atoms with Gasteiger partial charge in [-0.15, -0.1) is 0 Å². The molecule has 148 valence electrons. The van der Waals surface area contributed by atoms with Crippen LogP contribution in [0.15, 0.2) is 24.3 Å². The maximum atomic E-state index is 12.7. The van der Waals surface area contributed by atoms with Gasteiger partial charge >= 0.3 is 12.4 Å². The van der Waals surface area contributed by atoms with Crippen LogP contribution in [-0.2, 0) is 0 Å². The summed E-state index contributed by atoms with van der Waals surface area (Å²) in [7, 11) is 0. The van der Waals surface area contributed by atoms with E-state index in [0.29, 0.717) is 12.3 Å². The van der Waals surface area contributed by atoms with Gasteiger partial charge in [0.1, 0.15) is 0 Å². The molecule has 0 bridgehead atoms. The van der Waals surface area contributed by atoms with E-state index in [-0.39, 0.29) is 12.5 Å². The molecule has 0 aliphatic rings. The van der Waals surface area contributed by atoms with Gasteiger partial charge in [0.15, 0.2) is 0 Å². The van der Waals surface area contributed by atoms with Gasteiger partial charge in [-0.3, -0.25) is 0 Å². The Labute approximate surface area is 146 Å². The van der Waals surface area contributed by atoms with Crippen LogP contribution >= 0.6 is 0 Å². The van der Waals surface area contributed by atoms with E-state index in [1.807, 2.05) is 13.8 Å². The van der Waals surface area contributed by atoms with Crippen molar-refractivity contribution in [1.82, 2.24) is 0 Å². The summed E-state index contributed by atoms with van der Waals surface area (Å²) in [4.78, 5) is 0. The molecule has 0 radical (unpaired) electrons. The van der Waals surface area contributed by atoms with Gasteiger partial charge in [-0.05, 0) is 43.4 Å². The van der Waals surface area contributed by atoms with E-state index in [1.165, 1.54) is 0 Å². The van der Waals surface area contributed by atoms with Gasteiger partial charge in [0.2, 0.25) is 5.54 Å². The predicted octanol–water partition coefficient (Wildman–Crippen LogP) is 6.55. The first kappa shape index (κ1) is 24.0. The zero-order valence-corrected chi connectivity index (χ0v) is 15.3. The second kappa shape index (κ2) is 9.10. The monoisotopic (exact) mass is 373 g/mol. The summed E-state index contributed by atoms with van der Waals surface area (Å²) in [6, 6.07) is 0. The molecule has 2 N–H and O–H groups in total. The molecule has 0 fully saturated rings. The van der Waals surface area contributed by atoms with Gasteiger partial charge in [-0.1, -0.05) is 52.0 Å². The molecule has 0 aromatic carbocycles. The lowest BCUT2D eigenvalue weighted by molar-refractivity contribution is -0.279. The summed E-state index contributed by atoms with van der Waals surface area (Å²) in [6.45, 7) is 7.85. The highest BCUT2D eigenvalue weighted by molar-refractivity contribution is 5.14. The summed E-state index contributed by atoms with van der Waals surface area (Å²) >= 11 is 0. The molecule has 0 aromatic rings. The van der Waals surface area contributed by atoms with Gasteiger partial charge in [0.25, 0.3) is 0 Å². The van der Waals surface area contributed by atoms with E-state index in [0.717, 1.165) is 25.3 Å². The highest BCUT2D eigenvalue weighted by atomic mass is 19.4. The quantitative estimate of drug-likeness (QED) is 0.277. The van der Waals surface area contributed by atoms with Crippen molar-refractivity contribution in [2.75, 3.05) is 0 Å². The molecule has 1 nitrogen and oxygen atoms in total. The fourth-order valence-electron chi connectivity index (χ4n) is 2.20. The number of hydrogen-bond donors (Lipinski definition) is 1. The second-order valence-corrected chi connectivity index (χ2v) is 7.63. The Hall–Kier alpha value is -0.980. The van der Waals surface area contributed by atoms with E-state index >= 15 is 0 Å². The minimum Gasteiger partial charge on any atom is -0.307 e. The zero-order chi connectivity index (χ0) is 19.9. The van der Waals surface area contributed by atoms with Crippen LogP contribution in [0.4, 0.5) is 26.3 Å². The predicted molar refractivity (Wildman–Crippen MR) is 89.0 cm³/mol. The van der Waals surface area contributed by atoms with Crippen LogP contribution < -0.4 is 5.73 Å². The van der Waals surface area contributed by atoms with Crippen molar-refractivity contribution in [2.24, 2.45) is 17.1 Å². The third kappa shape index (κ3) is 8.29. The maximum Gasteiger partial charge on any atom is 0.418 e. The Kier molecular flexibility index (Phi) is 8.74. The third-order valence-electron chi connectivity index (χ3n) is 3.99. The van der Waals surface area contributed by atoms with E-state index in [2.05, 4.69) is 31.7 Å². The van der Waals surface area contributed by atoms with E-state index in [1.54, 1.807) is 0 Å². The summed E-state index contributed by atoms with van der Waals surface area (Å²) in [5, 5.41) is 0. The van der Waals surface area contributed by atoms with Crippen LogP contribution in [0, 0.1) is 11.3 Å².